The Morgan fingerprint density at radius 3 is 3.06 bits per heavy atom. The van der Waals surface area contributed by atoms with Crippen LogP contribution in [-0.4, -0.2) is 17.3 Å². The molecule has 1 aromatic heterocycles. The van der Waals surface area contributed by atoms with Gasteiger partial charge in [0.25, 0.3) is 0 Å². The molecular formula is C15H16N2O. The van der Waals surface area contributed by atoms with Crippen molar-refractivity contribution in [1.82, 2.24) is 4.57 Å². The standard InChI is InChI=1S/C15H16N2O/c16-10-12-4-3-6-15-14(12)7-8-17(15)11-13-5-1-2-9-18-13/h3-4,6-8,13H,1-2,5,9,11H2. The van der Waals surface area contributed by atoms with Gasteiger partial charge in [0, 0.05) is 30.3 Å². The molecule has 1 atom stereocenters. The summed E-state index contributed by atoms with van der Waals surface area (Å²) in [4.78, 5) is 0. The number of fused-ring (bicyclic) bond motifs is 1. The normalized spacial score (nSPS) is 19.8. The molecular weight excluding hydrogens is 224 g/mol. The average molecular weight is 240 g/mol. The second kappa shape index (κ2) is 4.83. The van der Waals surface area contributed by atoms with Gasteiger partial charge in [0.05, 0.1) is 17.7 Å². The van der Waals surface area contributed by atoms with Crippen molar-refractivity contribution >= 4 is 10.9 Å². The summed E-state index contributed by atoms with van der Waals surface area (Å²) in [6.07, 6.45) is 5.95. The third-order valence-electron chi connectivity index (χ3n) is 3.61. The highest BCUT2D eigenvalue weighted by molar-refractivity contribution is 5.85. The first-order valence-electron chi connectivity index (χ1n) is 6.48. The summed E-state index contributed by atoms with van der Waals surface area (Å²) in [6, 6.07) is 10.1. The van der Waals surface area contributed by atoms with E-state index in [1.54, 1.807) is 0 Å². The summed E-state index contributed by atoms with van der Waals surface area (Å²) in [5.41, 5.74) is 1.87. The fourth-order valence-corrected chi connectivity index (χ4v) is 2.65. The molecule has 1 aliphatic heterocycles. The van der Waals surface area contributed by atoms with E-state index < -0.39 is 0 Å². The van der Waals surface area contributed by atoms with E-state index in [1.165, 1.54) is 12.8 Å². The molecule has 1 aliphatic rings. The van der Waals surface area contributed by atoms with E-state index in [-0.39, 0.29) is 0 Å². The third kappa shape index (κ3) is 2.00. The monoisotopic (exact) mass is 240 g/mol. The predicted molar refractivity (Wildman–Crippen MR) is 70.2 cm³/mol. The lowest BCUT2D eigenvalue weighted by atomic mass is 10.1. The Kier molecular flexibility index (Phi) is 3.04. The van der Waals surface area contributed by atoms with Crippen molar-refractivity contribution in [2.75, 3.05) is 6.61 Å². The maximum atomic E-state index is 9.08. The highest BCUT2D eigenvalue weighted by Gasteiger charge is 2.15. The van der Waals surface area contributed by atoms with E-state index in [4.69, 9.17) is 10.00 Å². The van der Waals surface area contributed by atoms with Gasteiger partial charge in [-0.15, -0.1) is 0 Å². The number of rotatable bonds is 2. The molecule has 0 N–H and O–H groups in total. The number of benzene rings is 1. The van der Waals surface area contributed by atoms with Gasteiger partial charge >= 0.3 is 0 Å². The maximum absolute atomic E-state index is 9.08. The number of nitriles is 1. The van der Waals surface area contributed by atoms with Crippen molar-refractivity contribution in [3.63, 3.8) is 0 Å². The van der Waals surface area contributed by atoms with Crippen LogP contribution in [0.4, 0.5) is 0 Å². The Bertz CT molecular complexity index is 588. The van der Waals surface area contributed by atoms with Crippen LogP contribution in [0.2, 0.25) is 0 Å². The number of nitrogens with zero attached hydrogens (tertiary/aromatic N) is 2. The molecule has 0 amide bonds. The average Bonchev–Trinajstić information content (AvgIpc) is 2.83. The molecule has 3 heteroatoms. The van der Waals surface area contributed by atoms with E-state index in [1.807, 2.05) is 18.2 Å². The third-order valence-corrected chi connectivity index (χ3v) is 3.61. The fraction of sp³-hybridized carbons (Fsp3) is 0.400. The minimum Gasteiger partial charge on any atom is -0.376 e. The summed E-state index contributed by atoms with van der Waals surface area (Å²) in [5.74, 6) is 0. The lowest BCUT2D eigenvalue weighted by Gasteiger charge is -2.23. The maximum Gasteiger partial charge on any atom is 0.0998 e. The summed E-state index contributed by atoms with van der Waals surface area (Å²) in [5, 5.41) is 10.1. The molecule has 2 heterocycles. The molecule has 0 saturated carbocycles. The number of hydrogen-bond donors (Lipinski definition) is 0. The lowest BCUT2D eigenvalue weighted by Crippen LogP contribution is -2.24. The first-order valence-corrected chi connectivity index (χ1v) is 6.48. The molecule has 1 unspecified atom stereocenters. The van der Waals surface area contributed by atoms with Gasteiger partial charge in [0.2, 0.25) is 0 Å². The van der Waals surface area contributed by atoms with Crippen molar-refractivity contribution in [2.24, 2.45) is 0 Å². The van der Waals surface area contributed by atoms with Crippen molar-refractivity contribution in [2.45, 2.75) is 31.9 Å². The summed E-state index contributed by atoms with van der Waals surface area (Å²) < 4.78 is 7.97. The van der Waals surface area contributed by atoms with Crippen LogP contribution < -0.4 is 0 Å². The number of ether oxygens (including phenoxy) is 1. The lowest BCUT2D eigenvalue weighted by molar-refractivity contribution is 0.00670. The second-order valence-corrected chi connectivity index (χ2v) is 4.81. The van der Waals surface area contributed by atoms with Crippen LogP contribution in [0.15, 0.2) is 30.5 Å². The molecule has 1 aromatic carbocycles. The number of aromatic nitrogens is 1. The van der Waals surface area contributed by atoms with Gasteiger partial charge in [-0.05, 0) is 37.5 Å². The quantitative estimate of drug-likeness (QED) is 0.809. The van der Waals surface area contributed by atoms with Gasteiger partial charge in [-0.3, -0.25) is 0 Å². The summed E-state index contributed by atoms with van der Waals surface area (Å²) in [6.45, 7) is 1.77. The second-order valence-electron chi connectivity index (χ2n) is 4.81. The first kappa shape index (κ1) is 11.3. The van der Waals surface area contributed by atoms with E-state index in [0.29, 0.717) is 6.10 Å². The van der Waals surface area contributed by atoms with Gasteiger partial charge in [-0.1, -0.05) is 6.07 Å². The van der Waals surface area contributed by atoms with Crippen LogP contribution in [0.5, 0.6) is 0 Å². The van der Waals surface area contributed by atoms with Crippen LogP contribution in [0.1, 0.15) is 24.8 Å². The van der Waals surface area contributed by atoms with Gasteiger partial charge < -0.3 is 9.30 Å². The zero-order chi connectivity index (χ0) is 12.4. The van der Waals surface area contributed by atoms with Crippen molar-refractivity contribution < 1.29 is 4.74 Å². The largest absolute Gasteiger partial charge is 0.376 e. The minimum absolute atomic E-state index is 0.320. The van der Waals surface area contributed by atoms with E-state index in [2.05, 4.69) is 22.9 Å². The van der Waals surface area contributed by atoms with Crippen LogP contribution in [-0.2, 0) is 11.3 Å². The van der Waals surface area contributed by atoms with Gasteiger partial charge in [-0.2, -0.15) is 5.26 Å². The molecule has 3 nitrogen and oxygen atoms in total. The highest BCUT2D eigenvalue weighted by Crippen LogP contribution is 2.22. The molecule has 0 radical (unpaired) electrons. The molecule has 3 rings (SSSR count). The summed E-state index contributed by atoms with van der Waals surface area (Å²) >= 11 is 0. The summed E-state index contributed by atoms with van der Waals surface area (Å²) in [7, 11) is 0. The van der Waals surface area contributed by atoms with E-state index in [9.17, 15) is 0 Å². The molecule has 0 bridgehead atoms. The Morgan fingerprint density at radius 1 is 1.33 bits per heavy atom. The Hall–Kier alpha value is -1.79. The van der Waals surface area contributed by atoms with Gasteiger partial charge in [0.15, 0.2) is 0 Å². The van der Waals surface area contributed by atoms with Gasteiger partial charge in [-0.25, -0.2) is 0 Å². The number of hydrogen-bond acceptors (Lipinski definition) is 2. The molecule has 92 valence electrons. The van der Waals surface area contributed by atoms with E-state index >= 15 is 0 Å². The predicted octanol–water partition coefficient (Wildman–Crippen LogP) is 3.08. The van der Waals surface area contributed by atoms with Crippen molar-refractivity contribution in [1.29, 1.82) is 5.26 Å². The van der Waals surface area contributed by atoms with Crippen LogP contribution in [0.25, 0.3) is 10.9 Å². The smallest absolute Gasteiger partial charge is 0.0998 e. The molecule has 0 aliphatic carbocycles. The molecule has 18 heavy (non-hydrogen) atoms. The van der Waals surface area contributed by atoms with E-state index in [0.717, 1.165) is 36.0 Å². The Balaban J connectivity index is 1.91. The van der Waals surface area contributed by atoms with Gasteiger partial charge in [0.1, 0.15) is 0 Å². The highest BCUT2D eigenvalue weighted by atomic mass is 16.5. The minimum atomic E-state index is 0.320. The zero-order valence-electron chi connectivity index (χ0n) is 10.3. The molecule has 1 fully saturated rings. The fourth-order valence-electron chi connectivity index (χ4n) is 2.65. The first-order chi connectivity index (χ1) is 8.88. The SMILES string of the molecule is N#Cc1cccc2c1ccn2CC1CCCCO1. The van der Waals surface area contributed by atoms with Crippen molar-refractivity contribution in [3.8, 4) is 6.07 Å². The van der Waals surface area contributed by atoms with Crippen molar-refractivity contribution in [3.05, 3.63) is 36.0 Å². The Morgan fingerprint density at radius 2 is 2.28 bits per heavy atom. The van der Waals surface area contributed by atoms with Crippen LogP contribution in [0, 0.1) is 11.3 Å². The zero-order valence-corrected chi connectivity index (χ0v) is 10.3. The molecule has 2 aromatic rings. The molecule has 0 spiro atoms. The van der Waals surface area contributed by atoms with Crippen LogP contribution in [0.3, 0.4) is 0 Å². The molecule has 1 saturated heterocycles. The Labute approximate surface area is 107 Å². The topological polar surface area (TPSA) is 38.0 Å². The van der Waals surface area contributed by atoms with Crippen LogP contribution >= 0.6 is 0 Å².